The van der Waals surface area contributed by atoms with E-state index in [4.69, 9.17) is 37.5 Å². The van der Waals surface area contributed by atoms with E-state index in [1.54, 1.807) is 52.0 Å². The van der Waals surface area contributed by atoms with Gasteiger partial charge in [0.05, 0.1) is 23.1 Å². The Labute approximate surface area is 200 Å². The van der Waals surface area contributed by atoms with E-state index < -0.39 is 29.0 Å². The monoisotopic (exact) mass is 498 g/mol. The fraction of sp³-hybridized carbons (Fsp3) is 0.391. The molecule has 1 unspecified atom stereocenters. The zero-order valence-corrected chi connectivity index (χ0v) is 19.9. The van der Waals surface area contributed by atoms with E-state index in [0.29, 0.717) is 16.7 Å². The Morgan fingerprint density at radius 3 is 2.24 bits per heavy atom. The first-order valence-corrected chi connectivity index (χ1v) is 10.9. The number of halogens is 4. The van der Waals surface area contributed by atoms with Crippen LogP contribution in [0.5, 0.6) is 0 Å². The van der Waals surface area contributed by atoms with Crippen LogP contribution in [0.1, 0.15) is 44.4 Å². The van der Waals surface area contributed by atoms with Crippen molar-refractivity contribution in [2.24, 2.45) is 5.16 Å². The van der Waals surface area contributed by atoms with Crippen LogP contribution in [0.2, 0.25) is 10.0 Å². The summed E-state index contributed by atoms with van der Waals surface area (Å²) >= 11 is 11.8. The van der Waals surface area contributed by atoms with Crippen LogP contribution in [-0.4, -0.2) is 35.6 Å². The molecule has 2 aromatic rings. The van der Waals surface area contributed by atoms with Crippen molar-refractivity contribution in [1.82, 2.24) is 4.90 Å². The Balaban J connectivity index is 1.43. The SMILES string of the molecule is CC(C)(C)OC(=O)N1CC(F)(c2ccc(C3=NOC(C)(c4cc(Cl)c(F)c(Cl)c4)O3)cc2)C1. The third kappa shape index (κ3) is 4.59. The van der Waals surface area contributed by atoms with Crippen molar-refractivity contribution in [1.29, 1.82) is 0 Å². The minimum atomic E-state index is -1.67. The quantitative estimate of drug-likeness (QED) is 0.477. The van der Waals surface area contributed by atoms with Crippen molar-refractivity contribution in [2.45, 2.75) is 44.8 Å². The molecule has 10 heteroatoms. The third-order valence-corrected chi connectivity index (χ3v) is 5.84. The van der Waals surface area contributed by atoms with Gasteiger partial charge in [0.2, 0.25) is 0 Å². The number of amides is 1. The average Bonchev–Trinajstić information content (AvgIpc) is 3.11. The second-order valence-corrected chi connectivity index (χ2v) is 9.98. The van der Waals surface area contributed by atoms with Crippen LogP contribution in [0.15, 0.2) is 41.6 Å². The summed E-state index contributed by atoms with van der Waals surface area (Å²) in [5.74, 6) is -1.93. The van der Waals surface area contributed by atoms with E-state index in [2.05, 4.69) is 5.16 Å². The number of carbonyl (C=O) groups excluding carboxylic acids is 1. The Morgan fingerprint density at radius 2 is 1.70 bits per heavy atom. The molecule has 33 heavy (non-hydrogen) atoms. The maximum atomic E-state index is 15.3. The minimum absolute atomic E-state index is 0.0913. The fourth-order valence-electron chi connectivity index (χ4n) is 3.50. The predicted octanol–water partition coefficient (Wildman–Crippen LogP) is 6.13. The minimum Gasteiger partial charge on any atom is -0.444 e. The van der Waals surface area contributed by atoms with E-state index >= 15 is 4.39 Å². The van der Waals surface area contributed by atoms with Gasteiger partial charge in [-0.25, -0.2) is 13.6 Å². The van der Waals surface area contributed by atoms with Crippen molar-refractivity contribution >= 4 is 35.2 Å². The first kappa shape index (κ1) is 23.6. The molecule has 1 atom stereocenters. The second kappa shape index (κ2) is 8.02. The van der Waals surface area contributed by atoms with E-state index in [0.717, 1.165) is 0 Å². The van der Waals surface area contributed by atoms with Crippen LogP contribution >= 0.6 is 23.2 Å². The summed E-state index contributed by atoms with van der Waals surface area (Å²) in [7, 11) is 0. The number of rotatable bonds is 3. The highest BCUT2D eigenvalue weighted by Gasteiger charge is 2.48. The van der Waals surface area contributed by atoms with Crippen LogP contribution < -0.4 is 0 Å². The number of hydrogen-bond donors (Lipinski definition) is 0. The first-order chi connectivity index (χ1) is 15.3. The van der Waals surface area contributed by atoms with E-state index in [-0.39, 0.29) is 29.0 Å². The molecule has 176 valence electrons. The Bertz CT molecular complexity index is 1110. The number of ether oxygens (including phenoxy) is 2. The van der Waals surface area contributed by atoms with Gasteiger partial charge in [0.15, 0.2) is 11.5 Å². The third-order valence-electron chi connectivity index (χ3n) is 5.29. The van der Waals surface area contributed by atoms with Gasteiger partial charge >= 0.3 is 11.9 Å². The van der Waals surface area contributed by atoms with Gasteiger partial charge in [-0.3, -0.25) is 0 Å². The number of benzene rings is 2. The molecule has 4 rings (SSSR count). The zero-order valence-electron chi connectivity index (χ0n) is 18.4. The number of nitrogens with zero attached hydrogens (tertiary/aromatic N) is 2. The van der Waals surface area contributed by atoms with Crippen LogP contribution in [0.3, 0.4) is 0 Å². The largest absolute Gasteiger partial charge is 0.444 e. The van der Waals surface area contributed by atoms with Crippen LogP contribution in [-0.2, 0) is 25.8 Å². The van der Waals surface area contributed by atoms with Crippen LogP contribution in [0, 0.1) is 5.82 Å². The van der Waals surface area contributed by atoms with Gasteiger partial charge in [-0.1, -0.05) is 35.3 Å². The molecule has 0 bridgehead atoms. The Morgan fingerprint density at radius 1 is 1.12 bits per heavy atom. The number of carbonyl (C=O) groups is 1. The topological polar surface area (TPSA) is 60.4 Å². The summed E-state index contributed by atoms with van der Waals surface area (Å²) in [5.41, 5.74) is -0.954. The highest BCUT2D eigenvalue weighted by Crippen LogP contribution is 2.39. The van der Waals surface area contributed by atoms with Gasteiger partial charge in [-0.05, 0) is 55.8 Å². The van der Waals surface area contributed by atoms with Crippen LogP contribution in [0.4, 0.5) is 13.6 Å². The van der Waals surface area contributed by atoms with Crippen molar-refractivity contribution in [3.05, 3.63) is 69.0 Å². The van der Waals surface area contributed by atoms with E-state index in [9.17, 15) is 9.18 Å². The molecule has 0 spiro atoms. The molecule has 0 aliphatic carbocycles. The lowest BCUT2D eigenvalue weighted by atomic mass is 9.88. The summed E-state index contributed by atoms with van der Waals surface area (Å²) in [4.78, 5) is 18.8. The molecule has 1 amide bonds. The summed E-state index contributed by atoms with van der Waals surface area (Å²) in [6, 6.07) is 9.20. The van der Waals surface area contributed by atoms with Gasteiger partial charge in [0.25, 0.3) is 5.90 Å². The Kier molecular flexibility index (Phi) is 5.73. The number of alkyl halides is 1. The molecule has 1 fully saturated rings. The highest BCUT2D eigenvalue weighted by molar-refractivity contribution is 6.35. The maximum Gasteiger partial charge on any atom is 0.410 e. The summed E-state index contributed by atoms with van der Waals surface area (Å²) in [6.45, 7) is 6.68. The zero-order chi connectivity index (χ0) is 24.2. The second-order valence-electron chi connectivity index (χ2n) is 9.17. The maximum absolute atomic E-state index is 15.3. The molecular formula is C23H22Cl2F2N2O4. The molecule has 1 saturated heterocycles. The molecule has 0 aromatic heterocycles. The molecule has 0 N–H and O–H groups in total. The lowest BCUT2D eigenvalue weighted by Gasteiger charge is -2.44. The molecule has 0 saturated carbocycles. The molecule has 0 radical (unpaired) electrons. The van der Waals surface area contributed by atoms with E-state index in [1.165, 1.54) is 17.0 Å². The number of hydrogen-bond acceptors (Lipinski definition) is 5. The normalized spacial score (nSPS) is 21.6. The van der Waals surface area contributed by atoms with Gasteiger partial charge in [0.1, 0.15) is 5.60 Å². The molecular weight excluding hydrogens is 477 g/mol. The molecule has 2 aliphatic heterocycles. The number of oxime groups is 1. The van der Waals surface area contributed by atoms with Crippen molar-refractivity contribution in [2.75, 3.05) is 13.1 Å². The van der Waals surface area contributed by atoms with E-state index in [1.807, 2.05) is 0 Å². The fourth-order valence-corrected chi connectivity index (χ4v) is 3.99. The number of likely N-dealkylation sites (tertiary alicyclic amines) is 1. The van der Waals surface area contributed by atoms with Crippen molar-refractivity contribution in [3.8, 4) is 0 Å². The summed E-state index contributed by atoms with van der Waals surface area (Å²) in [5, 5.41) is 3.63. The highest BCUT2D eigenvalue weighted by atomic mass is 35.5. The smallest absolute Gasteiger partial charge is 0.410 e. The predicted molar refractivity (Wildman–Crippen MR) is 120 cm³/mol. The van der Waals surface area contributed by atoms with Gasteiger partial charge in [-0.15, -0.1) is 0 Å². The summed E-state index contributed by atoms with van der Waals surface area (Å²) in [6.07, 6.45) is -0.543. The summed E-state index contributed by atoms with van der Waals surface area (Å²) < 4.78 is 40.1. The average molecular weight is 499 g/mol. The van der Waals surface area contributed by atoms with Crippen molar-refractivity contribution in [3.63, 3.8) is 0 Å². The van der Waals surface area contributed by atoms with Crippen molar-refractivity contribution < 1.29 is 27.9 Å². The first-order valence-electron chi connectivity index (χ1n) is 10.2. The molecule has 2 aromatic carbocycles. The standard InChI is InChI=1S/C23H22Cl2F2N2O4/c1-21(2,3)32-20(30)29-11-23(27,12-29)14-7-5-13(6-8-14)19-28-33-22(4,31-19)15-9-16(24)18(26)17(25)10-15/h5-10H,11-12H2,1-4H3. The Hall–Kier alpha value is -2.58. The lowest BCUT2D eigenvalue weighted by molar-refractivity contribution is -0.152. The molecule has 6 nitrogen and oxygen atoms in total. The molecule has 2 heterocycles. The van der Waals surface area contributed by atoms with Gasteiger partial charge in [0, 0.05) is 18.1 Å². The van der Waals surface area contributed by atoms with Crippen LogP contribution in [0.25, 0.3) is 0 Å². The van der Waals surface area contributed by atoms with Gasteiger partial charge in [-0.2, -0.15) is 0 Å². The molecule has 2 aliphatic rings. The van der Waals surface area contributed by atoms with Gasteiger partial charge < -0.3 is 19.2 Å². The lowest BCUT2D eigenvalue weighted by Crippen LogP contribution is -2.59.